The van der Waals surface area contributed by atoms with Crippen LogP contribution >= 0.6 is 0 Å². The number of carboxylic acid groups (broad SMARTS) is 1. The van der Waals surface area contributed by atoms with Crippen LogP contribution in [0.3, 0.4) is 0 Å². The van der Waals surface area contributed by atoms with Crippen LogP contribution in [0.5, 0.6) is 0 Å². The van der Waals surface area contributed by atoms with Crippen molar-refractivity contribution in [1.29, 1.82) is 0 Å². The van der Waals surface area contributed by atoms with Gasteiger partial charge in [0, 0.05) is 5.56 Å². The molecule has 0 spiro atoms. The molecule has 190 valence electrons. The van der Waals surface area contributed by atoms with E-state index in [2.05, 4.69) is 34.1 Å². The summed E-state index contributed by atoms with van der Waals surface area (Å²) in [5, 5.41) is 15.1. The molecule has 2 aliphatic rings. The van der Waals surface area contributed by atoms with Crippen LogP contribution in [0.15, 0.2) is 114 Å². The minimum absolute atomic E-state index is 0.264. The first kappa shape index (κ1) is 23.0. The number of anilines is 2. The summed E-state index contributed by atoms with van der Waals surface area (Å²) in [5.41, 5.74) is 6.72. The van der Waals surface area contributed by atoms with Crippen molar-refractivity contribution in [3.63, 3.8) is 0 Å². The fourth-order valence-electron chi connectivity index (χ4n) is 5.68. The number of nitrogens with zero attached hydrogens (tertiary/aromatic N) is 5. The van der Waals surface area contributed by atoms with Crippen LogP contribution in [-0.2, 0) is 6.54 Å². The Labute approximate surface area is 225 Å². The number of benzene rings is 4. The lowest BCUT2D eigenvalue weighted by Gasteiger charge is -2.35. The van der Waals surface area contributed by atoms with Crippen LogP contribution in [0.4, 0.5) is 17.2 Å². The SMILES string of the molecule is Cc1nn(-c2ccccc2)c2c1C(c1ccccc1C(=O)O)N1C(=N2)N(Cc2ccccc2)c2ccccc21. The first-order valence-corrected chi connectivity index (χ1v) is 12.9. The molecule has 3 heterocycles. The molecule has 0 radical (unpaired) electrons. The molecule has 0 aliphatic carbocycles. The Morgan fingerprint density at radius 2 is 1.46 bits per heavy atom. The number of aliphatic imine (C=N–C) groups is 1. The van der Waals surface area contributed by atoms with Gasteiger partial charge in [0.15, 0.2) is 5.82 Å². The zero-order chi connectivity index (χ0) is 26.5. The maximum Gasteiger partial charge on any atom is 0.336 e. The first-order valence-electron chi connectivity index (χ1n) is 12.9. The Kier molecular flexibility index (Phi) is 5.30. The molecule has 0 bridgehead atoms. The van der Waals surface area contributed by atoms with E-state index in [1.54, 1.807) is 12.1 Å². The summed E-state index contributed by atoms with van der Waals surface area (Å²) >= 11 is 0. The molecule has 7 nitrogen and oxygen atoms in total. The second-order valence-corrected chi connectivity index (χ2v) is 9.71. The van der Waals surface area contributed by atoms with Gasteiger partial charge in [-0.1, -0.05) is 78.9 Å². The van der Waals surface area contributed by atoms with Crippen molar-refractivity contribution < 1.29 is 9.90 Å². The van der Waals surface area contributed by atoms with Crippen LogP contribution in [0.1, 0.15) is 38.8 Å². The number of guanidine groups is 1. The van der Waals surface area contributed by atoms with Crippen molar-refractivity contribution in [2.45, 2.75) is 19.5 Å². The van der Waals surface area contributed by atoms with Crippen molar-refractivity contribution in [2.75, 3.05) is 9.80 Å². The molecule has 0 saturated heterocycles. The van der Waals surface area contributed by atoms with E-state index in [9.17, 15) is 9.90 Å². The van der Waals surface area contributed by atoms with Gasteiger partial charge < -0.3 is 10.0 Å². The van der Waals surface area contributed by atoms with E-state index in [1.807, 2.05) is 84.4 Å². The van der Waals surface area contributed by atoms with E-state index in [0.717, 1.165) is 39.8 Å². The summed E-state index contributed by atoms with van der Waals surface area (Å²) in [7, 11) is 0. The van der Waals surface area contributed by atoms with E-state index in [4.69, 9.17) is 10.1 Å². The third-order valence-electron chi connectivity index (χ3n) is 7.38. The Balaban J connectivity index is 1.52. The Bertz CT molecular complexity index is 1740. The van der Waals surface area contributed by atoms with E-state index < -0.39 is 12.0 Å². The van der Waals surface area contributed by atoms with Gasteiger partial charge in [-0.15, -0.1) is 0 Å². The molecule has 4 aromatic carbocycles. The van der Waals surface area contributed by atoms with Crippen molar-refractivity contribution >= 4 is 29.1 Å². The molecule has 1 N–H and O–H groups in total. The van der Waals surface area contributed by atoms with Crippen LogP contribution in [0.25, 0.3) is 5.69 Å². The molecule has 1 aromatic heterocycles. The summed E-state index contributed by atoms with van der Waals surface area (Å²) in [6, 6.07) is 35.3. The van der Waals surface area contributed by atoms with Gasteiger partial charge in [-0.25, -0.2) is 9.48 Å². The average Bonchev–Trinajstić information content (AvgIpc) is 3.47. The zero-order valence-electron chi connectivity index (χ0n) is 21.3. The lowest BCUT2D eigenvalue weighted by molar-refractivity contribution is 0.0695. The second-order valence-electron chi connectivity index (χ2n) is 9.71. The van der Waals surface area contributed by atoms with Gasteiger partial charge in [0.1, 0.15) is 0 Å². The Morgan fingerprint density at radius 3 is 2.21 bits per heavy atom. The number of carbonyl (C=O) groups is 1. The summed E-state index contributed by atoms with van der Waals surface area (Å²) in [6.07, 6.45) is 0. The molecule has 2 aliphatic heterocycles. The molecule has 39 heavy (non-hydrogen) atoms. The summed E-state index contributed by atoms with van der Waals surface area (Å²) in [5.74, 6) is 0.494. The third-order valence-corrected chi connectivity index (χ3v) is 7.38. The van der Waals surface area contributed by atoms with E-state index in [1.165, 1.54) is 0 Å². The predicted molar refractivity (Wildman–Crippen MR) is 152 cm³/mol. The number of aryl methyl sites for hydroxylation is 1. The minimum atomic E-state index is -0.960. The summed E-state index contributed by atoms with van der Waals surface area (Å²) < 4.78 is 1.87. The van der Waals surface area contributed by atoms with Crippen molar-refractivity contribution in [2.24, 2.45) is 4.99 Å². The molecule has 1 atom stereocenters. The second kappa shape index (κ2) is 8.99. The van der Waals surface area contributed by atoms with Crippen molar-refractivity contribution in [3.05, 3.63) is 137 Å². The summed E-state index contributed by atoms with van der Waals surface area (Å²) in [4.78, 5) is 22.1. The third kappa shape index (κ3) is 3.62. The first-order chi connectivity index (χ1) is 19.1. The fourth-order valence-corrected chi connectivity index (χ4v) is 5.68. The highest BCUT2D eigenvalue weighted by Crippen LogP contribution is 2.51. The monoisotopic (exact) mass is 511 g/mol. The van der Waals surface area contributed by atoms with Crippen molar-refractivity contribution in [1.82, 2.24) is 9.78 Å². The number of aromatic nitrogens is 2. The number of carboxylic acids is 1. The normalized spacial score (nSPS) is 15.4. The maximum absolute atomic E-state index is 12.5. The molecule has 7 rings (SSSR count). The van der Waals surface area contributed by atoms with Crippen molar-refractivity contribution in [3.8, 4) is 5.69 Å². The highest BCUT2D eigenvalue weighted by atomic mass is 16.4. The quantitative estimate of drug-likeness (QED) is 0.292. The molecule has 1 unspecified atom stereocenters. The lowest BCUT2D eigenvalue weighted by atomic mass is 9.91. The molecule has 0 fully saturated rings. The number of rotatable bonds is 5. The van der Waals surface area contributed by atoms with E-state index in [0.29, 0.717) is 17.9 Å². The smallest absolute Gasteiger partial charge is 0.336 e. The Morgan fingerprint density at radius 1 is 0.821 bits per heavy atom. The molecular weight excluding hydrogens is 486 g/mol. The largest absolute Gasteiger partial charge is 0.478 e. The molecule has 5 aromatic rings. The number of hydrogen-bond donors (Lipinski definition) is 1. The lowest BCUT2D eigenvalue weighted by Crippen LogP contribution is -2.43. The van der Waals surface area contributed by atoms with Gasteiger partial charge in [-0.3, -0.25) is 4.90 Å². The van der Waals surface area contributed by atoms with Crippen LogP contribution < -0.4 is 9.80 Å². The van der Waals surface area contributed by atoms with Gasteiger partial charge in [0.25, 0.3) is 0 Å². The Hall–Kier alpha value is -5.17. The van der Waals surface area contributed by atoms with Gasteiger partial charge in [-0.05, 0) is 48.4 Å². The number of para-hydroxylation sites is 3. The fraction of sp³-hybridized carbons (Fsp3) is 0.0938. The number of aromatic carboxylic acids is 1. The minimum Gasteiger partial charge on any atom is -0.478 e. The van der Waals surface area contributed by atoms with E-state index in [-0.39, 0.29) is 5.56 Å². The topological polar surface area (TPSA) is 74.0 Å². The number of fused-ring (bicyclic) bond motifs is 4. The molecular formula is C32H25N5O2. The van der Waals surface area contributed by atoms with Gasteiger partial charge in [-0.2, -0.15) is 10.1 Å². The van der Waals surface area contributed by atoms with Gasteiger partial charge in [0.2, 0.25) is 5.96 Å². The zero-order valence-corrected chi connectivity index (χ0v) is 21.3. The average molecular weight is 512 g/mol. The van der Waals surface area contributed by atoms with Crippen LogP contribution in [0, 0.1) is 6.92 Å². The predicted octanol–water partition coefficient (Wildman–Crippen LogP) is 6.50. The molecule has 0 amide bonds. The molecule has 7 heteroatoms. The number of hydrogen-bond acceptors (Lipinski definition) is 5. The summed E-state index contributed by atoms with van der Waals surface area (Å²) in [6.45, 7) is 2.59. The van der Waals surface area contributed by atoms with E-state index >= 15 is 0 Å². The standard InChI is InChI=1S/C32H25N5O2/c1-21-28-29(24-16-8-9-17-25(24)31(38)39)36-27-19-11-10-18-26(27)35(20-22-12-4-2-5-13-22)32(36)33-30(28)37(34-21)23-14-6-3-7-15-23/h2-19,29H,20H2,1H3,(H,38,39). The highest BCUT2D eigenvalue weighted by molar-refractivity contribution is 6.18. The molecule has 0 saturated carbocycles. The maximum atomic E-state index is 12.5. The highest BCUT2D eigenvalue weighted by Gasteiger charge is 2.45. The van der Waals surface area contributed by atoms with Crippen LogP contribution in [-0.4, -0.2) is 26.8 Å². The van der Waals surface area contributed by atoms with Gasteiger partial charge >= 0.3 is 5.97 Å². The van der Waals surface area contributed by atoms with Gasteiger partial charge in [0.05, 0.1) is 40.9 Å². The van der Waals surface area contributed by atoms with Crippen LogP contribution in [0.2, 0.25) is 0 Å².